The number of pyridine rings is 1. The lowest BCUT2D eigenvalue weighted by molar-refractivity contribution is 0.153. The summed E-state index contributed by atoms with van der Waals surface area (Å²) in [5.41, 5.74) is 7.55. The Morgan fingerprint density at radius 2 is 1.71 bits per heavy atom. The van der Waals surface area contributed by atoms with E-state index in [1.807, 2.05) is 6.20 Å². The molecule has 2 aromatic heterocycles. The van der Waals surface area contributed by atoms with E-state index >= 15 is 0 Å². The number of aryl methyl sites for hydroxylation is 1. The number of hydrogen-bond acceptors (Lipinski definition) is 4. The van der Waals surface area contributed by atoms with Crippen LogP contribution in [0.4, 0.5) is 0 Å². The van der Waals surface area contributed by atoms with E-state index in [1.165, 1.54) is 54.7 Å². The maximum atomic E-state index is 4.89. The fraction of sp³-hybridized carbons (Fsp3) is 0.379. The van der Waals surface area contributed by atoms with Crippen molar-refractivity contribution in [2.24, 2.45) is 0 Å². The molecule has 1 N–H and O–H groups in total. The molecule has 2 aromatic carbocycles. The fourth-order valence-electron chi connectivity index (χ4n) is 5.67. The van der Waals surface area contributed by atoms with Crippen LogP contribution < -0.4 is 0 Å². The van der Waals surface area contributed by atoms with Gasteiger partial charge in [-0.25, -0.2) is 4.98 Å². The van der Waals surface area contributed by atoms with Crippen LogP contribution in [0.1, 0.15) is 59.9 Å². The summed E-state index contributed by atoms with van der Waals surface area (Å²) in [7, 11) is 0. The molecule has 5 nitrogen and oxygen atoms in total. The highest BCUT2D eigenvalue weighted by atomic mass is 15.2. The van der Waals surface area contributed by atoms with Crippen LogP contribution in [0.2, 0.25) is 0 Å². The van der Waals surface area contributed by atoms with Gasteiger partial charge in [-0.1, -0.05) is 42.5 Å². The molecule has 5 heteroatoms. The predicted molar refractivity (Wildman–Crippen MR) is 136 cm³/mol. The lowest BCUT2D eigenvalue weighted by Gasteiger charge is -2.34. The van der Waals surface area contributed by atoms with Gasteiger partial charge in [0.25, 0.3) is 0 Å². The van der Waals surface area contributed by atoms with E-state index in [0.29, 0.717) is 6.04 Å². The first-order valence-electron chi connectivity index (χ1n) is 12.7. The predicted octanol–water partition coefficient (Wildman–Crippen LogP) is 5.63. The van der Waals surface area contributed by atoms with E-state index in [4.69, 9.17) is 9.97 Å². The average molecular weight is 452 g/mol. The summed E-state index contributed by atoms with van der Waals surface area (Å²) < 4.78 is 0. The summed E-state index contributed by atoms with van der Waals surface area (Å²) in [5.74, 6) is 1.02. The topological polar surface area (TPSA) is 48.1 Å². The van der Waals surface area contributed by atoms with Gasteiger partial charge in [-0.3, -0.25) is 14.8 Å². The van der Waals surface area contributed by atoms with Gasteiger partial charge in [0.1, 0.15) is 5.82 Å². The molecule has 0 radical (unpaired) electrons. The van der Waals surface area contributed by atoms with E-state index in [9.17, 15) is 0 Å². The monoisotopic (exact) mass is 451 g/mol. The Kier molecular flexibility index (Phi) is 6.13. The number of para-hydroxylation sites is 2. The minimum absolute atomic E-state index is 0.308. The van der Waals surface area contributed by atoms with Crippen molar-refractivity contribution in [3.8, 4) is 0 Å². The van der Waals surface area contributed by atoms with Crippen LogP contribution >= 0.6 is 0 Å². The second-order valence-corrected chi connectivity index (χ2v) is 9.86. The normalized spacial score (nSPS) is 18.6. The minimum atomic E-state index is 0.308. The molecule has 174 valence electrons. The molecule has 1 aliphatic heterocycles. The summed E-state index contributed by atoms with van der Waals surface area (Å²) in [4.78, 5) is 18.4. The summed E-state index contributed by atoms with van der Waals surface area (Å²) in [6.07, 6.45) is 8.09. The van der Waals surface area contributed by atoms with E-state index in [0.717, 1.165) is 49.3 Å². The zero-order valence-electron chi connectivity index (χ0n) is 19.8. The third-order valence-corrected chi connectivity index (χ3v) is 7.41. The van der Waals surface area contributed by atoms with Gasteiger partial charge in [0.05, 0.1) is 29.3 Å². The second-order valence-electron chi connectivity index (χ2n) is 9.86. The largest absolute Gasteiger partial charge is 0.341 e. The molecule has 1 fully saturated rings. The molecule has 2 aliphatic rings. The first kappa shape index (κ1) is 21.5. The Hall–Kier alpha value is -3.02. The third kappa shape index (κ3) is 4.63. The average Bonchev–Trinajstić information content (AvgIpc) is 3.54. The maximum Gasteiger partial charge on any atom is 0.121 e. The number of nitrogens with one attached hydrogen (secondary N) is 1. The van der Waals surface area contributed by atoms with Crippen LogP contribution in [-0.4, -0.2) is 37.8 Å². The number of aromatic amines is 1. The Morgan fingerprint density at radius 1 is 0.882 bits per heavy atom. The summed E-state index contributed by atoms with van der Waals surface area (Å²) in [5, 5.41) is 0. The molecule has 1 unspecified atom stereocenters. The summed E-state index contributed by atoms with van der Waals surface area (Å²) >= 11 is 0. The standard InChI is InChI=1S/C29H33N5/c1-2-10-26-25(9-1)31-28(32-26)21-34(27-11-5-7-24-8-6-16-30-29(24)27)20-23-14-12-22(13-15-23)19-33-17-3-4-18-33/h1-2,6,8-10,12-16,27H,3-5,7,11,17-21H2,(H,31,32). The van der Waals surface area contributed by atoms with E-state index in [2.05, 4.69) is 75.4 Å². The number of fused-ring (bicyclic) bond motifs is 2. The molecular weight excluding hydrogens is 418 g/mol. The molecule has 3 heterocycles. The molecule has 0 saturated carbocycles. The van der Waals surface area contributed by atoms with Gasteiger partial charge < -0.3 is 4.98 Å². The molecule has 0 bridgehead atoms. The van der Waals surface area contributed by atoms with Gasteiger partial charge in [0, 0.05) is 19.3 Å². The molecule has 0 amide bonds. The molecule has 1 atom stereocenters. The first-order chi connectivity index (χ1) is 16.8. The second kappa shape index (κ2) is 9.69. The SMILES string of the molecule is c1cnc2c(c1)CCCC2N(Cc1ccc(CN2CCCC2)cc1)Cc1nc2ccccc2[nH]1. The molecule has 34 heavy (non-hydrogen) atoms. The molecule has 1 aliphatic carbocycles. The lowest BCUT2D eigenvalue weighted by Crippen LogP contribution is -2.31. The van der Waals surface area contributed by atoms with Gasteiger partial charge in [0.2, 0.25) is 0 Å². The van der Waals surface area contributed by atoms with E-state index in [1.54, 1.807) is 0 Å². The third-order valence-electron chi connectivity index (χ3n) is 7.41. The van der Waals surface area contributed by atoms with Crippen LogP contribution in [0.3, 0.4) is 0 Å². The van der Waals surface area contributed by atoms with Crippen molar-refractivity contribution in [2.45, 2.75) is 57.8 Å². The number of likely N-dealkylation sites (tertiary alicyclic amines) is 1. The number of nitrogens with zero attached hydrogens (tertiary/aromatic N) is 4. The number of rotatable bonds is 7. The molecule has 6 rings (SSSR count). The highest BCUT2D eigenvalue weighted by Gasteiger charge is 2.28. The highest BCUT2D eigenvalue weighted by molar-refractivity contribution is 5.74. The molecule has 0 spiro atoms. The van der Waals surface area contributed by atoms with Crippen molar-refractivity contribution in [3.63, 3.8) is 0 Å². The lowest BCUT2D eigenvalue weighted by atomic mass is 9.90. The van der Waals surface area contributed by atoms with Gasteiger partial charge in [-0.15, -0.1) is 0 Å². The molecule has 4 aromatic rings. The van der Waals surface area contributed by atoms with Crippen molar-refractivity contribution < 1.29 is 0 Å². The van der Waals surface area contributed by atoms with Gasteiger partial charge in [0.15, 0.2) is 0 Å². The molecule has 1 saturated heterocycles. The Bertz CT molecular complexity index is 1210. The Labute approximate surface area is 201 Å². The van der Waals surface area contributed by atoms with Crippen LogP contribution in [0.15, 0.2) is 66.9 Å². The smallest absolute Gasteiger partial charge is 0.121 e. The van der Waals surface area contributed by atoms with Crippen LogP contribution in [-0.2, 0) is 26.1 Å². The number of H-pyrrole nitrogens is 1. The van der Waals surface area contributed by atoms with E-state index in [-0.39, 0.29) is 0 Å². The van der Waals surface area contributed by atoms with Crippen LogP contribution in [0.5, 0.6) is 0 Å². The Morgan fingerprint density at radius 3 is 2.56 bits per heavy atom. The van der Waals surface area contributed by atoms with Crippen molar-refractivity contribution in [1.29, 1.82) is 0 Å². The van der Waals surface area contributed by atoms with Crippen molar-refractivity contribution in [3.05, 3.63) is 95.1 Å². The zero-order chi connectivity index (χ0) is 22.7. The first-order valence-corrected chi connectivity index (χ1v) is 12.7. The van der Waals surface area contributed by atoms with Crippen LogP contribution in [0, 0.1) is 0 Å². The Balaban J connectivity index is 1.26. The van der Waals surface area contributed by atoms with Gasteiger partial charge >= 0.3 is 0 Å². The zero-order valence-corrected chi connectivity index (χ0v) is 19.8. The fourth-order valence-corrected chi connectivity index (χ4v) is 5.67. The summed E-state index contributed by atoms with van der Waals surface area (Å²) in [6.45, 7) is 5.22. The van der Waals surface area contributed by atoms with E-state index < -0.39 is 0 Å². The van der Waals surface area contributed by atoms with Gasteiger partial charge in [-0.2, -0.15) is 0 Å². The summed E-state index contributed by atoms with van der Waals surface area (Å²) in [6, 6.07) is 22.2. The van der Waals surface area contributed by atoms with Gasteiger partial charge in [-0.05, 0) is 80.1 Å². The van der Waals surface area contributed by atoms with Crippen LogP contribution in [0.25, 0.3) is 11.0 Å². The quantitative estimate of drug-likeness (QED) is 0.395. The minimum Gasteiger partial charge on any atom is -0.341 e. The highest BCUT2D eigenvalue weighted by Crippen LogP contribution is 2.34. The number of benzene rings is 2. The van der Waals surface area contributed by atoms with Crippen molar-refractivity contribution >= 4 is 11.0 Å². The number of aromatic nitrogens is 3. The number of hydrogen-bond donors (Lipinski definition) is 1. The molecular formula is C29H33N5. The number of imidazole rings is 1. The van der Waals surface area contributed by atoms with Crippen molar-refractivity contribution in [2.75, 3.05) is 13.1 Å². The maximum absolute atomic E-state index is 4.89. The van der Waals surface area contributed by atoms with Crippen molar-refractivity contribution in [1.82, 2.24) is 24.8 Å².